The largest absolute Gasteiger partial charge is 0.299 e. The van der Waals surface area contributed by atoms with Crippen LogP contribution in [0.2, 0.25) is 0 Å². The Balaban J connectivity index is 1.68. The quantitative estimate of drug-likeness (QED) is 0.377. The van der Waals surface area contributed by atoms with E-state index in [0.717, 1.165) is 24.0 Å². The van der Waals surface area contributed by atoms with Crippen molar-refractivity contribution in [2.45, 2.75) is 64.7 Å². The third-order valence-electron chi connectivity index (χ3n) is 5.40. The molecule has 1 heteroatoms. The molecule has 20 heavy (non-hydrogen) atoms. The van der Waals surface area contributed by atoms with Gasteiger partial charge in [0.1, 0.15) is 6.29 Å². The molecule has 0 aromatic heterocycles. The van der Waals surface area contributed by atoms with E-state index in [9.17, 15) is 4.79 Å². The lowest BCUT2D eigenvalue weighted by Crippen LogP contribution is -2.14. The summed E-state index contributed by atoms with van der Waals surface area (Å²) in [6, 6.07) is 0. The molecule has 0 atom stereocenters. The average molecular weight is 274 g/mol. The molecule has 2 aliphatic rings. The van der Waals surface area contributed by atoms with Crippen LogP contribution in [0, 0.1) is 23.7 Å². The van der Waals surface area contributed by atoms with E-state index in [1.807, 2.05) is 0 Å². The Morgan fingerprint density at radius 1 is 0.750 bits per heavy atom. The van der Waals surface area contributed by atoms with Crippen molar-refractivity contribution < 1.29 is 4.79 Å². The number of hydrogen-bond acceptors (Lipinski definition) is 1. The normalized spacial score (nSPS) is 35.6. The lowest BCUT2D eigenvalue weighted by molar-refractivity contribution is -0.104. The van der Waals surface area contributed by atoms with Gasteiger partial charge in [0.05, 0.1) is 0 Å². The molecule has 2 saturated carbocycles. The highest BCUT2D eigenvalue weighted by molar-refractivity contribution is 5.64. The van der Waals surface area contributed by atoms with Crippen molar-refractivity contribution >= 4 is 6.29 Å². The van der Waals surface area contributed by atoms with Gasteiger partial charge in [0.2, 0.25) is 0 Å². The molecule has 2 rings (SSSR count). The van der Waals surface area contributed by atoms with E-state index in [1.54, 1.807) is 6.08 Å². The van der Waals surface area contributed by atoms with E-state index >= 15 is 0 Å². The summed E-state index contributed by atoms with van der Waals surface area (Å²) < 4.78 is 0. The number of hydrogen-bond donors (Lipinski definition) is 0. The fourth-order valence-electron chi connectivity index (χ4n) is 3.84. The summed E-state index contributed by atoms with van der Waals surface area (Å²) in [5.74, 6) is 3.29. The van der Waals surface area contributed by atoms with Crippen LogP contribution in [0.3, 0.4) is 0 Å². The molecule has 2 fully saturated rings. The Hall–Kier alpha value is -0.850. The molecule has 0 unspecified atom stereocenters. The van der Waals surface area contributed by atoms with E-state index in [-0.39, 0.29) is 0 Å². The van der Waals surface area contributed by atoms with Crippen molar-refractivity contribution in [2.24, 2.45) is 23.7 Å². The molecular weight excluding hydrogens is 244 g/mol. The molecule has 0 radical (unpaired) electrons. The number of carbonyl (C=O) groups is 1. The summed E-state index contributed by atoms with van der Waals surface area (Å²) in [5.41, 5.74) is 0. The lowest BCUT2D eigenvalue weighted by Gasteiger charge is -2.27. The van der Waals surface area contributed by atoms with Crippen LogP contribution in [0.4, 0.5) is 0 Å². The van der Waals surface area contributed by atoms with Crippen LogP contribution in [-0.4, -0.2) is 6.29 Å². The molecule has 0 heterocycles. The monoisotopic (exact) mass is 274 g/mol. The minimum Gasteiger partial charge on any atom is -0.299 e. The van der Waals surface area contributed by atoms with E-state index in [4.69, 9.17) is 0 Å². The first-order valence-electron chi connectivity index (χ1n) is 8.62. The highest BCUT2D eigenvalue weighted by atomic mass is 16.1. The minimum atomic E-state index is 0.643. The van der Waals surface area contributed by atoms with Gasteiger partial charge < -0.3 is 0 Å². The van der Waals surface area contributed by atoms with E-state index < -0.39 is 0 Å². The lowest BCUT2D eigenvalue weighted by atomic mass is 9.78. The highest BCUT2D eigenvalue weighted by Crippen LogP contribution is 2.34. The number of aldehydes is 1. The van der Waals surface area contributed by atoms with Gasteiger partial charge in [-0.2, -0.15) is 0 Å². The van der Waals surface area contributed by atoms with Crippen LogP contribution in [0.5, 0.6) is 0 Å². The van der Waals surface area contributed by atoms with Gasteiger partial charge in [-0.1, -0.05) is 31.6 Å². The minimum absolute atomic E-state index is 0.643. The number of allylic oxidation sites excluding steroid dienone is 4. The summed E-state index contributed by atoms with van der Waals surface area (Å²) in [6.07, 6.45) is 21.9. The van der Waals surface area contributed by atoms with Crippen LogP contribution in [0.1, 0.15) is 64.7 Å². The summed E-state index contributed by atoms with van der Waals surface area (Å²) in [5, 5.41) is 0. The summed E-state index contributed by atoms with van der Waals surface area (Å²) in [7, 11) is 0. The smallest absolute Gasteiger partial charge is 0.142 e. The maximum atomic E-state index is 10.3. The molecule has 0 aromatic carbocycles. The van der Waals surface area contributed by atoms with Gasteiger partial charge in [0.15, 0.2) is 0 Å². The predicted octanol–water partition coefficient (Wildman–Crippen LogP) is 5.32. The molecule has 0 saturated heterocycles. The SMILES string of the molecule is CC[C@H]1CC[C@H](C=C[C@H]2CC[C@H](C=CC=O)CC2)CC1. The number of carbonyl (C=O) groups excluding carboxylic acids is 1. The van der Waals surface area contributed by atoms with Gasteiger partial charge in [-0.15, -0.1) is 0 Å². The Morgan fingerprint density at radius 3 is 1.65 bits per heavy atom. The van der Waals surface area contributed by atoms with Crippen molar-refractivity contribution in [3.05, 3.63) is 24.3 Å². The molecule has 0 amide bonds. The molecule has 1 nitrogen and oxygen atoms in total. The molecule has 0 spiro atoms. The molecular formula is C19H30O. The second kappa shape index (κ2) is 8.44. The van der Waals surface area contributed by atoms with Crippen molar-refractivity contribution in [1.29, 1.82) is 0 Å². The molecule has 0 bridgehead atoms. The fourth-order valence-corrected chi connectivity index (χ4v) is 3.84. The highest BCUT2D eigenvalue weighted by Gasteiger charge is 2.20. The topological polar surface area (TPSA) is 17.1 Å². The zero-order valence-corrected chi connectivity index (χ0v) is 13.0. The third-order valence-corrected chi connectivity index (χ3v) is 5.40. The summed E-state index contributed by atoms with van der Waals surface area (Å²) >= 11 is 0. The third kappa shape index (κ3) is 4.92. The van der Waals surface area contributed by atoms with Crippen molar-refractivity contribution in [2.75, 3.05) is 0 Å². The fraction of sp³-hybridized carbons (Fsp3) is 0.737. The Labute approximate surface area is 124 Å². The van der Waals surface area contributed by atoms with Gasteiger partial charge in [0.25, 0.3) is 0 Å². The molecule has 2 aliphatic carbocycles. The van der Waals surface area contributed by atoms with Crippen molar-refractivity contribution in [1.82, 2.24) is 0 Å². The van der Waals surface area contributed by atoms with Crippen LogP contribution >= 0.6 is 0 Å². The van der Waals surface area contributed by atoms with Crippen LogP contribution < -0.4 is 0 Å². The number of rotatable bonds is 5. The zero-order chi connectivity index (χ0) is 14.2. The van der Waals surface area contributed by atoms with E-state index in [0.29, 0.717) is 5.92 Å². The first-order valence-corrected chi connectivity index (χ1v) is 8.62. The van der Waals surface area contributed by atoms with Crippen molar-refractivity contribution in [3.63, 3.8) is 0 Å². The predicted molar refractivity (Wildman–Crippen MR) is 85.5 cm³/mol. The molecule has 0 aliphatic heterocycles. The summed E-state index contributed by atoms with van der Waals surface area (Å²) in [6.45, 7) is 2.33. The van der Waals surface area contributed by atoms with Crippen molar-refractivity contribution in [3.8, 4) is 0 Å². The van der Waals surface area contributed by atoms with Crippen LogP contribution in [0.25, 0.3) is 0 Å². The second-order valence-corrected chi connectivity index (χ2v) is 6.77. The second-order valence-electron chi connectivity index (χ2n) is 6.77. The maximum Gasteiger partial charge on any atom is 0.142 e. The Kier molecular flexibility index (Phi) is 6.56. The first kappa shape index (κ1) is 15.5. The van der Waals surface area contributed by atoms with Gasteiger partial charge in [-0.25, -0.2) is 0 Å². The van der Waals surface area contributed by atoms with Gasteiger partial charge in [-0.05, 0) is 81.1 Å². The maximum absolute atomic E-state index is 10.3. The molecule has 0 aromatic rings. The van der Waals surface area contributed by atoms with Crippen LogP contribution in [0.15, 0.2) is 24.3 Å². The summed E-state index contributed by atoms with van der Waals surface area (Å²) in [4.78, 5) is 10.3. The standard InChI is InChI=1S/C19H30O/c1-2-16-5-7-18(8-6-16)13-14-19-11-9-17(10-12-19)4-3-15-20/h3-4,13-19H,2,5-12H2,1H3/t16-,17-,18-,19-. The van der Waals surface area contributed by atoms with E-state index in [2.05, 4.69) is 25.2 Å². The van der Waals surface area contributed by atoms with Gasteiger partial charge >= 0.3 is 0 Å². The van der Waals surface area contributed by atoms with E-state index in [1.165, 1.54) is 57.8 Å². The Bertz CT molecular complexity index is 326. The van der Waals surface area contributed by atoms with Gasteiger partial charge in [-0.3, -0.25) is 4.79 Å². The average Bonchev–Trinajstić information content (AvgIpc) is 2.52. The molecule has 112 valence electrons. The Morgan fingerprint density at radius 2 is 1.20 bits per heavy atom. The van der Waals surface area contributed by atoms with Crippen LogP contribution in [-0.2, 0) is 4.79 Å². The molecule has 0 N–H and O–H groups in total. The zero-order valence-electron chi connectivity index (χ0n) is 13.0. The van der Waals surface area contributed by atoms with Gasteiger partial charge in [0, 0.05) is 0 Å². The first-order chi connectivity index (χ1) is 9.81.